The van der Waals surface area contributed by atoms with E-state index in [4.69, 9.17) is 13.7 Å². The van der Waals surface area contributed by atoms with Gasteiger partial charge in [0.1, 0.15) is 0 Å². The van der Waals surface area contributed by atoms with Crippen LogP contribution in [0.2, 0.25) is 0 Å². The van der Waals surface area contributed by atoms with Crippen molar-refractivity contribution in [3.8, 4) is 0 Å². The zero-order chi connectivity index (χ0) is 4.71. The van der Waals surface area contributed by atoms with E-state index in [0.717, 1.165) is 0 Å². The molecule has 0 heterocycles. The van der Waals surface area contributed by atoms with Crippen molar-refractivity contribution in [3.05, 3.63) is 0 Å². The summed E-state index contributed by atoms with van der Waals surface area (Å²) < 4.78 is 7.81. The predicted molar refractivity (Wildman–Crippen MR) is 9.01 cm³/mol. The third-order valence-electron chi connectivity index (χ3n) is 0. The number of rotatable bonds is 0. The quantitative estimate of drug-likeness (QED) is 0.411. The van der Waals surface area contributed by atoms with Crippen LogP contribution in [0.4, 0.5) is 0 Å². The van der Waals surface area contributed by atoms with Crippen LogP contribution in [0, 0.1) is 0 Å². The second kappa shape index (κ2) is 57.5. The summed E-state index contributed by atoms with van der Waals surface area (Å²) in [6.07, 6.45) is 0. The molecule has 1 N–H and O–H groups in total. The van der Waals surface area contributed by atoms with Crippen LogP contribution in [0.1, 0.15) is 0 Å². The minimum atomic E-state index is 0. The van der Waals surface area contributed by atoms with Crippen molar-refractivity contribution in [2.24, 2.45) is 0 Å². The van der Waals surface area contributed by atoms with Crippen LogP contribution in [0.5, 0.6) is 0 Å². The molecule has 0 bridgehead atoms. The molecule has 0 aromatic rings. The van der Waals surface area contributed by atoms with E-state index in [1.165, 1.54) is 0 Å². The Kier molecular flexibility index (Phi) is 156. The van der Waals surface area contributed by atoms with Gasteiger partial charge in [0.2, 0.25) is 0 Å². The van der Waals surface area contributed by atoms with Gasteiger partial charge in [-0.25, -0.2) is 0 Å². The summed E-state index contributed by atoms with van der Waals surface area (Å²) in [4.78, 5) is 8.24. The third kappa shape index (κ3) is 494. The van der Waals surface area contributed by atoms with E-state index in [2.05, 4.69) is 15.9 Å². The van der Waals surface area contributed by atoms with E-state index in [9.17, 15) is 0 Å². The molecular formula is CHCu2O3. The van der Waals surface area contributed by atoms with Gasteiger partial charge in [-0.15, -0.1) is 0 Å². The summed E-state index contributed by atoms with van der Waals surface area (Å²) in [5, 5.41) is 6.76. The van der Waals surface area contributed by atoms with Gasteiger partial charge in [0, 0.05) is 0 Å². The molecule has 0 rings (SSSR count). The van der Waals surface area contributed by atoms with E-state index >= 15 is 0 Å². The minimum absolute atomic E-state index is 0. The molecule has 45 valence electrons. The molecule has 0 amide bonds. The fraction of sp³-hybridized carbons (Fsp3) is 0. The topological polar surface area (TPSA) is 54.4 Å². The molecule has 0 aliphatic rings. The first-order chi connectivity index (χ1) is 2.41. The zero-order valence-electron chi connectivity index (χ0n) is 2.37. The van der Waals surface area contributed by atoms with Crippen molar-refractivity contribution in [1.82, 2.24) is 0 Å². The average Bonchev–Trinajstić information content (AvgIpc) is 1.46. The fourth-order valence-corrected chi connectivity index (χ4v) is 0. The van der Waals surface area contributed by atoms with Crippen LogP contribution in [0.25, 0.3) is 0 Å². The van der Waals surface area contributed by atoms with Crippen LogP contribution in [0.3, 0.4) is 0 Å². The second-order valence-corrected chi connectivity index (χ2v) is 0.0913. The van der Waals surface area contributed by atoms with E-state index in [1.54, 1.807) is 0 Å². The second-order valence-electron chi connectivity index (χ2n) is 0.0913. The van der Waals surface area contributed by atoms with Crippen molar-refractivity contribution in [2.75, 3.05) is 0 Å². The van der Waals surface area contributed by atoms with Gasteiger partial charge in [-0.1, -0.05) is 6.47 Å². The van der Waals surface area contributed by atoms with Crippen molar-refractivity contribution in [2.45, 2.75) is 0 Å². The van der Waals surface area contributed by atoms with Gasteiger partial charge >= 0.3 is 36.8 Å². The molecule has 0 aromatic heterocycles. The fourth-order valence-electron chi connectivity index (χ4n) is 0. The summed E-state index contributed by atoms with van der Waals surface area (Å²) in [6.45, 7) is 0.500. The summed E-state index contributed by atoms with van der Waals surface area (Å²) in [6, 6.07) is 0. The molecule has 0 fully saturated rings. The summed E-state index contributed by atoms with van der Waals surface area (Å²) >= 11 is 2.94. The Morgan fingerprint density at radius 1 is 1.50 bits per heavy atom. The average molecular weight is 188 g/mol. The molecule has 0 atom stereocenters. The number of hydrogen-bond acceptors (Lipinski definition) is 2. The summed E-state index contributed by atoms with van der Waals surface area (Å²) in [7, 11) is 0. The van der Waals surface area contributed by atoms with Crippen LogP contribution in [-0.2, 0) is 41.6 Å². The maximum absolute atomic E-state index is 8.24. The summed E-state index contributed by atoms with van der Waals surface area (Å²) in [5.41, 5.74) is 0. The van der Waals surface area contributed by atoms with Crippen LogP contribution >= 0.6 is 0 Å². The molecule has 0 unspecified atom stereocenters. The van der Waals surface area contributed by atoms with Crippen LogP contribution in [-0.4, -0.2) is 11.6 Å². The van der Waals surface area contributed by atoms with Gasteiger partial charge in [0.25, 0.3) is 0 Å². The first-order valence-electron chi connectivity index (χ1n) is 0.551. The predicted octanol–water partition coefficient (Wildman–Crippen LogP) is -0.512. The molecule has 0 aliphatic heterocycles. The molecule has 0 saturated heterocycles. The van der Waals surface area contributed by atoms with E-state index in [0.29, 0.717) is 6.47 Å². The maximum atomic E-state index is 8.24. The summed E-state index contributed by atoms with van der Waals surface area (Å²) in [5.74, 6) is 0. The molecule has 3 nitrogen and oxygen atoms in total. The third-order valence-corrected chi connectivity index (χ3v) is 0. The molecule has 0 saturated carbocycles. The first-order valence-corrected chi connectivity index (χ1v) is 0.935. The number of hydrogen-bond donors (Lipinski definition) is 1. The normalized spacial score (nSPS) is 3.00. The molecule has 0 aliphatic carbocycles. The van der Waals surface area contributed by atoms with E-state index in [1.807, 2.05) is 0 Å². The van der Waals surface area contributed by atoms with Crippen molar-refractivity contribution in [3.63, 3.8) is 0 Å². The van der Waals surface area contributed by atoms with E-state index < -0.39 is 0 Å². The Morgan fingerprint density at radius 2 is 1.50 bits per heavy atom. The van der Waals surface area contributed by atoms with Crippen LogP contribution < -0.4 is 0 Å². The molecule has 0 aromatic carbocycles. The van der Waals surface area contributed by atoms with Gasteiger partial charge in [0.15, 0.2) is 0 Å². The zero-order valence-corrected chi connectivity index (χ0v) is 4.25. The van der Waals surface area contributed by atoms with Gasteiger partial charge in [-0.3, -0.25) is 0 Å². The van der Waals surface area contributed by atoms with Gasteiger partial charge in [-0.2, -0.15) is 0 Å². The Bertz CT molecular complexity index is 22.8. The van der Waals surface area contributed by atoms with Crippen molar-refractivity contribution >= 4 is 6.47 Å². The Hall–Kier alpha value is 0.309. The molecule has 5 heteroatoms. The number of aliphatic hydroxyl groups excluding tert-OH is 1. The molecule has 0 spiro atoms. The molecule has 6 heavy (non-hydrogen) atoms. The molecular weight excluding hydrogens is 187 g/mol. The van der Waals surface area contributed by atoms with Crippen molar-refractivity contribution < 1.29 is 46.7 Å². The van der Waals surface area contributed by atoms with E-state index in [-0.39, 0.29) is 17.1 Å². The first kappa shape index (κ1) is 16.2. The Morgan fingerprint density at radius 3 is 1.50 bits per heavy atom. The SMILES string of the molecule is O=[C-]O.[Cu+].[O]=[Cu]. The monoisotopic (exact) mass is 187 g/mol. The van der Waals surface area contributed by atoms with Gasteiger partial charge in [-0.05, 0) is 0 Å². The van der Waals surface area contributed by atoms with Gasteiger partial charge in [0.05, 0.1) is 0 Å². The van der Waals surface area contributed by atoms with Crippen molar-refractivity contribution in [1.29, 1.82) is 0 Å². The van der Waals surface area contributed by atoms with Crippen LogP contribution in [0.15, 0.2) is 0 Å². The molecule has 0 radical (unpaired) electrons. The Balaban J connectivity index is -0.0000000275. The standard InChI is InChI=1S/CHO2.2Cu.O/c2-1-3;;;/h(H,2,3);;;/q-1;;+1;. The Labute approximate surface area is 53.6 Å². The van der Waals surface area contributed by atoms with Gasteiger partial charge < -0.3 is 9.90 Å².